The van der Waals surface area contributed by atoms with Gasteiger partial charge in [-0.3, -0.25) is 0 Å². The van der Waals surface area contributed by atoms with Gasteiger partial charge in [0.15, 0.2) is 0 Å². The molecule has 2 fully saturated rings. The van der Waals surface area contributed by atoms with E-state index < -0.39 is 0 Å². The van der Waals surface area contributed by atoms with Crippen LogP contribution in [-0.2, 0) is 4.74 Å². The third-order valence-corrected chi connectivity index (χ3v) is 9.13. The molecule has 2 heterocycles. The SMILES string of the molecule is CC1=C(C#C/C(C)=C/C=C/C(C)=C/C=C/C=C(C)/C=C/C=C(C)/C=C/[C@]23O[C@H](CC2C)CC3(C)C)C(C)(C)C[C@H](O)C1. The van der Waals surface area contributed by atoms with E-state index in [0.29, 0.717) is 12.0 Å². The molecule has 42 heavy (non-hydrogen) atoms. The molecule has 0 amide bonds. The maximum atomic E-state index is 10.1. The highest BCUT2D eigenvalue weighted by Crippen LogP contribution is 2.58. The van der Waals surface area contributed by atoms with Crippen molar-refractivity contribution in [2.75, 3.05) is 0 Å². The highest BCUT2D eigenvalue weighted by Gasteiger charge is 2.60. The van der Waals surface area contributed by atoms with Crippen molar-refractivity contribution in [3.63, 3.8) is 0 Å². The quantitative estimate of drug-likeness (QED) is 0.234. The molecule has 2 saturated heterocycles. The summed E-state index contributed by atoms with van der Waals surface area (Å²) in [6, 6.07) is 0. The van der Waals surface area contributed by atoms with E-state index in [9.17, 15) is 5.11 Å². The normalized spacial score (nSPS) is 30.4. The molecule has 226 valence electrons. The van der Waals surface area contributed by atoms with Crippen LogP contribution in [0.4, 0.5) is 0 Å². The molecule has 0 aromatic carbocycles. The van der Waals surface area contributed by atoms with Crippen LogP contribution in [0.1, 0.15) is 94.9 Å². The lowest BCUT2D eigenvalue weighted by Gasteiger charge is -2.41. The molecule has 2 nitrogen and oxygen atoms in total. The minimum absolute atomic E-state index is 0.0768. The number of aliphatic hydroxyl groups excluding tert-OH is 1. The average Bonchev–Trinajstić information content (AvgIpc) is 3.33. The molecule has 2 aliphatic heterocycles. The number of hydrogen-bond donors (Lipinski definition) is 1. The van der Waals surface area contributed by atoms with Gasteiger partial charge in [0.1, 0.15) is 0 Å². The highest BCUT2D eigenvalue weighted by atomic mass is 16.5. The van der Waals surface area contributed by atoms with Crippen LogP contribution in [-0.4, -0.2) is 22.9 Å². The van der Waals surface area contributed by atoms with Gasteiger partial charge >= 0.3 is 0 Å². The molecular weight excluding hydrogens is 512 g/mol. The minimum atomic E-state index is -0.256. The van der Waals surface area contributed by atoms with Crippen LogP contribution >= 0.6 is 0 Å². The molecule has 3 rings (SSSR count). The van der Waals surface area contributed by atoms with Crippen molar-refractivity contribution in [2.24, 2.45) is 16.7 Å². The van der Waals surface area contributed by atoms with Crippen molar-refractivity contribution >= 4 is 0 Å². The predicted molar refractivity (Wildman–Crippen MR) is 181 cm³/mol. The number of fused-ring (bicyclic) bond motifs is 2. The molecule has 1 unspecified atom stereocenters. The topological polar surface area (TPSA) is 29.5 Å². The smallest absolute Gasteiger partial charge is 0.0947 e. The van der Waals surface area contributed by atoms with Gasteiger partial charge in [0.25, 0.3) is 0 Å². The summed E-state index contributed by atoms with van der Waals surface area (Å²) in [7, 11) is 0. The second-order valence-corrected chi connectivity index (χ2v) is 14.1. The van der Waals surface area contributed by atoms with Crippen molar-refractivity contribution in [2.45, 2.75) is 113 Å². The number of ether oxygens (including phenoxy) is 1. The van der Waals surface area contributed by atoms with Gasteiger partial charge in [-0.05, 0) is 71.8 Å². The van der Waals surface area contributed by atoms with E-state index in [-0.39, 0.29) is 22.5 Å². The lowest BCUT2D eigenvalue weighted by molar-refractivity contribution is -0.0170. The molecule has 0 spiro atoms. The van der Waals surface area contributed by atoms with Crippen molar-refractivity contribution in [3.8, 4) is 11.8 Å². The summed E-state index contributed by atoms with van der Waals surface area (Å²) in [6.45, 7) is 21.9. The Labute approximate surface area is 257 Å². The summed E-state index contributed by atoms with van der Waals surface area (Å²) in [5.74, 6) is 7.26. The zero-order valence-corrected chi connectivity index (χ0v) is 27.8. The molecule has 3 aliphatic rings. The number of allylic oxidation sites excluding steroid dienone is 16. The van der Waals surface area contributed by atoms with E-state index >= 15 is 0 Å². The second-order valence-electron chi connectivity index (χ2n) is 14.1. The van der Waals surface area contributed by atoms with Crippen molar-refractivity contribution in [1.29, 1.82) is 0 Å². The van der Waals surface area contributed by atoms with Gasteiger partial charge in [-0.2, -0.15) is 0 Å². The summed E-state index contributed by atoms with van der Waals surface area (Å²) in [5.41, 5.74) is 7.00. The lowest BCUT2D eigenvalue weighted by atomic mass is 9.63. The van der Waals surface area contributed by atoms with Crippen LogP contribution in [0.2, 0.25) is 0 Å². The Bertz CT molecular complexity index is 1340. The Morgan fingerprint density at radius 1 is 0.833 bits per heavy atom. The minimum Gasteiger partial charge on any atom is -0.393 e. The third kappa shape index (κ3) is 8.59. The standard InChI is InChI=1S/C40H54O2/c1-29(17-13-19-31(3)21-22-37-33(5)25-35(41)27-38(37,7)8)15-11-12-16-30(2)18-14-20-32(4)23-24-40-34(6)26-36(42-40)28-39(40,9)10/h11-20,23-24,34-36,41H,25-28H2,1-10H3/b12-11+,17-13+,18-14+,24-23+,29-15+,30-16+,31-19+,32-20+/t34?,35-,36-,40+/m1/s1. The summed E-state index contributed by atoms with van der Waals surface area (Å²) in [6.07, 6.45) is 29.6. The molecule has 1 aliphatic carbocycles. The van der Waals surface area contributed by atoms with Gasteiger partial charge in [-0.1, -0.05) is 142 Å². The van der Waals surface area contributed by atoms with Crippen LogP contribution in [0.5, 0.6) is 0 Å². The molecule has 4 atom stereocenters. The van der Waals surface area contributed by atoms with E-state index in [2.05, 4.69) is 147 Å². The first-order valence-electron chi connectivity index (χ1n) is 15.6. The molecule has 0 aromatic heterocycles. The van der Waals surface area contributed by atoms with Crippen LogP contribution in [0.25, 0.3) is 0 Å². The summed E-state index contributed by atoms with van der Waals surface area (Å²) in [4.78, 5) is 0. The summed E-state index contributed by atoms with van der Waals surface area (Å²) >= 11 is 0. The molecular formula is C40H54O2. The number of rotatable bonds is 8. The second kappa shape index (κ2) is 14.1. The molecule has 2 heteroatoms. The molecule has 0 aromatic rings. The van der Waals surface area contributed by atoms with Crippen molar-refractivity contribution in [3.05, 3.63) is 106 Å². The van der Waals surface area contributed by atoms with E-state index in [1.165, 1.54) is 34.3 Å². The van der Waals surface area contributed by atoms with E-state index in [1.807, 2.05) is 6.92 Å². The molecule has 1 N–H and O–H groups in total. The van der Waals surface area contributed by atoms with Crippen molar-refractivity contribution in [1.82, 2.24) is 0 Å². The van der Waals surface area contributed by atoms with Crippen molar-refractivity contribution < 1.29 is 9.84 Å². The Hall–Kier alpha value is -2.86. The Kier molecular flexibility index (Phi) is 11.3. The van der Waals surface area contributed by atoms with Crippen LogP contribution in [0.3, 0.4) is 0 Å². The van der Waals surface area contributed by atoms with Crippen LogP contribution < -0.4 is 0 Å². The first-order chi connectivity index (χ1) is 19.6. The maximum absolute atomic E-state index is 10.1. The highest BCUT2D eigenvalue weighted by molar-refractivity contribution is 5.45. The Morgan fingerprint density at radius 2 is 1.40 bits per heavy atom. The fourth-order valence-electron chi connectivity index (χ4n) is 6.93. The Morgan fingerprint density at radius 3 is 1.98 bits per heavy atom. The van der Waals surface area contributed by atoms with Gasteiger partial charge in [0.05, 0.1) is 17.8 Å². The fraction of sp³-hybridized carbons (Fsp3) is 0.500. The molecule has 0 saturated carbocycles. The molecule has 0 radical (unpaired) electrons. The Balaban J connectivity index is 1.51. The number of hydrogen-bond acceptors (Lipinski definition) is 2. The van der Waals surface area contributed by atoms with Crippen LogP contribution in [0, 0.1) is 28.6 Å². The predicted octanol–water partition coefficient (Wildman–Crippen LogP) is 10.1. The monoisotopic (exact) mass is 566 g/mol. The average molecular weight is 567 g/mol. The first-order valence-corrected chi connectivity index (χ1v) is 15.6. The fourth-order valence-corrected chi connectivity index (χ4v) is 6.93. The summed E-state index contributed by atoms with van der Waals surface area (Å²) < 4.78 is 6.45. The number of aliphatic hydroxyl groups is 1. The van der Waals surface area contributed by atoms with Gasteiger partial charge in [-0.15, -0.1) is 0 Å². The zero-order valence-electron chi connectivity index (χ0n) is 27.8. The van der Waals surface area contributed by atoms with Gasteiger partial charge < -0.3 is 9.84 Å². The summed E-state index contributed by atoms with van der Waals surface area (Å²) in [5, 5.41) is 10.1. The molecule has 2 bridgehead atoms. The first kappa shape index (κ1) is 33.6. The van der Waals surface area contributed by atoms with Crippen LogP contribution in [0.15, 0.2) is 106 Å². The van der Waals surface area contributed by atoms with E-state index in [1.54, 1.807) is 0 Å². The largest absolute Gasteiger partial charge is 0.393 e. The lowest BCUT2D eigenvalue weighted by Crippen LogP contribution is -2.44. The van der Waals surface area contributed by atoms with E-state index in [0.717, 1.165) is 24.8 Å². The van der Waals surface area contributed by atoms with E-state index in [4.69, 9.17) is 4.74 Å². The zero-order chi connectivity index (χ0) is 31.1. The maximum Gasteiger partial charge on any atom is 0.0947 e. The van der Waals surface area contributed by atoms with Gasteiger partial charge in [0.2, 0.25) is 0 Å². The van der Waals surface area contributed by atoms with Gasteiger partial charge in [0, 0.05) is 16.4 Å². The van der Waals surface area contributed by atoms with Gasteiger partial charge in [-0.25, -0.2) is 0 Å². The third-order valence-electron chi connectivity index (χ3n) is 9.13.